The van der Waals surface area contributed by atoms with Gasteiger partial charge in [0.05, 0.1) is 0 Å². The van der Waals surface area contributed by atoms with Crippen molar-refractivity contribution < 1.29 is 13.0 Å². The molecule has 38 heavy (non-hydrogen) atoms. The maximum Gasteiger partial charge on any atom is 0.295 e. The molecule has 0 radical (unpaired) electrons. The number of nitrogens with two attached hydrogens (primary N) is 2. The predicted molar refractivity (Wildman–Crippen MR) is 168 cm³/mol. The zero-order valence-electron chi connectivity index (χ0n) is 25.1. The molecule has 0 saturated carbocycles. The number of hydrogen-bond donors (Lipinski definition) is 3. The van der Waals surface area contributed by atoms with E-state index in [-0.39, 0.29) is 4.90 Å². The van der Waals surface area contributed by atoms with E-state index in [9.17, 15) is 8.42 Å². The van der Waals surface area contributed by atoms with E-state index < -0.39 is 10.1 Å². The van der Waals surface area contributed by atoms with Crippen molar-refractivity contribution in [1.29, 1.82) is 0 Å². The lowest BCUT2D eigenvalue weighted by Crippen LogP contribution is -2.11. The number of fused-ring (bicyclic) bond motifs is 1. The summed E-state index contributed by atoms with van der Waals surface area (Å²) >= 11 is 0. The van der Waals surface area contributed by atoms with Crippen LogP contribution in [0.15, 0.2) is 47.4 Å². The molecule has 0 aliphatic carbocycles. The van der Waals surface area contributed by atoms with Crippen LogP contribution in [0.25, 0.3) is 10.8 Å². The van der Waals surface area contributed by atoms with E-state index in [0.717, 1.165) is 5.39 Å². The fourth-order valence-corrected chi connectivity index (χ4v) is 4.55. The molecule has 5 nitrogen and oxygen atoms in total. The van der Waals surface area contributed by atoms with Crippen molar-refractivity contribution in [3.63, 3.8) is 0 Å². The third-order valence-corrected chi connectivity index (χ3v) is 7.02. The molecule has 0 amide bonds. The first-order valence-corrected chi connectivity index (χ1v) is 16.6. The summed E-state index contributed by atoms with van der Waals surface area (Å²) in [6, 6.07) is 11.8. The molecule has 0 aliphatic rings. The first-order valence-electron chi connectivity index (χ1n) is 15.2. The summed E-state index contributed by atoms with van der Waals surface area (Å²) in [4.78, 5) is -0.0457. The normalized spacial score (nSPS) is 10.5. The Morgan fingerprint density at radius 2 is 0.895 bits per heavy atom. The van der Waals surface area contributed by atoms with Gasteiger partial charge in [-0.2, -0.15) is 8.42 Å². The van der Waals surface area contributed by atoms with Gasteiger partial charge in [-0.1, -0.05) is 167 Å². The van der Waals surface area contributed by atoms with Crippen LogP contribution in [-0.4, -0.2) is 26.1 Å². The fourth-order valence-electron chi connectivity index (χ4n) is 3.83. The van der Waals surface area contributed by atoms with Gasteiger partial charge in [-0.3, -0.25) is 4.55 Å². The minimum atomic E-state index is -4.13. The monoisotopic (exact) mass is 552 g/mol. The summed E-state index contributed by atoms with van der Waals surface area (Å²) in [7, 11) is -4.13. The minimum Gasteiger partial charge on any atom is -0.329 e. The molecule has 2 aromatic carbocycles. The third-order valence-electron chi connectivity index (χ3n) is 6.11. The van der Waals surface area contributed by atoms with E-state index in [4.69, 9.17) is 16.0 Å². The molecule has 0 saturated heterocycles. The minimum absolute atomic E-state index is 0.0457. The Morgan fingerprint density at radius 3 is 1.24 bits per heavy atom. The molecule has 6 heteroatoms. The molecule has 5 N–H and O–H groups in total. The van der Waals surface area contributed by atoms with Crippen LogP contribution in [0.1, 0.15) is 130 Å². The number of hydrogen-bond acceptors (Lipinski definition) is 4. The Balaban J connectivity index is 0. The van der Waals surface area contributed by atoms with Crippen LogP contribution in [0.5, 0.6) is 0 Å². The molecule has 0 heterocycles. The average Bonchev–Trinajstić information content (AvgIpc) is 2.92. The molecule has 0 fully saturated rings. The van der Waals surface area contributed by atoms with Crippen molar-refractivity contribution in [2.45, 2.75) is 135 Å². The summed E-state index contributed by atoms with van der Waals surface area (Å²) in [6.07, 6.45) is 22.9. The van der Waals surface area contributed by atoms with Gasteiger partial charge >= 0.3 is 0 Å². The molecule has 0 aliphatic heterocycles. The summed E-state index contributed by atoms with van der Waals surface area (Å²) in [5.74, 6) is 0. The van der Waals surface area contributed by atoms with Crippen molar-refractivity contribution in [1.82, 2.24) is 0 Å². The number of unbranched alkanes of at least 4 members (excludes halogenated alkanes) is 14. The molecule has 0 bridgehead atoms. The molecule has 2 aromatic rings. The lowest BCUT2D eigenvalue weighted by molar-refractivity contribution is 0.484. The highest BCUT2D eigenvalue weighted by Crippen LogP contribution is 2.22. The molecular weight excluding hydrogens is 492 g/mol. The molecular formula is C32H60N2O3S. The predicted octanol–water partition coefficient (Wildman–Crippen LogP) is 9.28. The Kier molecular flexibility index (Phi) is 29.0. The van der Waals surface area contributed by atoms with E-state index >= 15 is 0 Å². The highest BCUT2D eigenvalue weighted by molar-refractivity contribution is 7.86. The average molecular weight is 553 g/mol. The van der Waals surface area contributed by atoms with E-state index in [0.29, 0.717) is 18.5 Å². The van der Waals surface area contributed by atoms with Crippen molar-refractivity contribution >= 4 is 20.9 Å². The molecule has 2 rings (SSSR count). The molecule has 0 spiro atoms. The zero-order chi connectivity index (χ0) is 28.9. The molecule has 0 aromatic heterocycles. The van der Waals surface area contributed by atoms with Crippen LogP contribution in [-0.2, 0) is 10.1 Å². The second kappa shape index (κ2) is 28.5. The van der Waals surface area contributed by atoms with Crippen molar-refractivity contribution in [3.05, 3.63) is 42.5 Å². The largest absolute Gasteiger partial charge is 0.329 e. The van der Waals surface area contributed by atoms with Crippen LogP contribution in [0, 0.1) is 0 Å². The van der Waals surface area contributed by atoms with Gasteiger partial charge < -0.3 is 11.5 Å². The Labute approximate surface area is 235 Å². The highest BCUT2D eigenvalue weighted by Gasteiger charge is 2.12. The zero-order valence-corrected chi connectivity index (χ0v) is 25.9. The second-order valence-corrected chi connectivity index (χ2v) is 11.2. The van der Waals surface area contributed by atoms with Crippen LogP contribution in [0.4, 0.5) is 0 Å². The van der Waals surface area contributed by atoms with Gasteiger partial charge in [0.2, 0.25) is 0 Å². The van der Waals surface area contributed by atoms with Gasteiger partial charge in [0, 0.05) is 18.5 Å². The Hall–Kier alpha value is -1.47. The Bertz CT molecular complexity index is 817. The first kappa shape index (κ1) is 38.7. The number of benzene rings is 2. The first-order chi connectivity index (χ1) is 18.3. The smallest absolute Gasteiger partial charge is 0.295 e. The van der Waals surface area contributed by atoms with Gasteiger partial charge in [-0.15, -0.1) is 0 Å². The van der Waals surface area contributed by atoms with E-state index in [2.05, 4.69) is 27.7 Å². The molecule has 0 atom stereocenters. The number of rotatable bonds is 16. The van der Waals surface area contributed by atoms with Gasteiger partial charge in [0.15, 0.2) is 0 Å². The summed E-state index contributed by atoms with van der Waals surface area (Å²) in [6.45, 7) is 10.3. The quantitative estimate of drug-likeness (QED) is 0.142. The maximum atomic E-state index is 11.0. The SMILES string of the molecule is CCCCCCCCCC.CCCCCCCCCC.NCCN.O=S(=O)(O)c1cccc2ccccc12. The fraction of sp³-hybridized carbons (Fsp3) is 0.688. The van der Waals surface area contributed by atoms with Crippen LogP contribution < -0.4 is 11.5 Å². The van der Waals surface area contributed by atoms with E-state index in [1.165, 1.54) is 109 Å². The Morgan fingerprint density at radius 1 is 0.553 bits per heavy atom. The maximum absolute atomic E-state index is 11.0. The van der Waals surface area contributed by atoms with Gasteiger partial charge in [-0.25, -0.2) is 0 Å². The van der Waals surface area contributed by atoms with E-state index in [1.54, 1.807) is 30.3 Å². The van der Waals surface area contributed by atoms with E-state index in [1.807, 2.05) is 6.07 Å². The van der Waals surface area contributed by atoms with Crippen molar-refractivity contribution in [2.24, 2.45) is 11.5 Å². The lowest BCUT2D eigenvalue weighted by Gasteiger charge is -2.02. The van der Waals surface area contributed by atoms with Crippen molar-refractivity contribution in [3.8, 4) is 0 Å². The van der Waals surface area contributed by atoms with Crippen LogP contribution in [0.3, 0.4) is 0 Å². The third kappa shape index (κ3) is 23.6. The van der Waals surface area contributed by atoms with Crippen molar-refractivity contribution in [2.75, 3.05) is 13.1 Å². The van der Waals surface area contributed by atoms with Gasteiger partial charge in [0.25, 0.3) is 10.1 Å². The molecule has 222 valence electrons. The topological polar surface area (TPSA) is 106 Å². The van der Waals surface area contributed by atoms with Crippen LogP contribution in [0.2, 0.25) is 0 Å². The summed E-state index contributed by atoms with van der Waals surface area (Å²) in [5.41, 5.74) is 9.81. The molecule has 0 unspecified atom stereocenters. The summed E-state index contributed by atoms with van der Waals surface area (Å²) < 4.78 is 31.0. The van der Waals surface area contributed by atoms with Gasteiger partial charge in [0.1, 0.15) is 4.90 Å². The van der Waals surface area contributed by atoms with Crippen LogP contribution >= 0.6 is 0 Å². The lowest BCUT2D eigenvalue weighted by atomic mass is 10.1. The summed E-state index contributed by atoms with van der Waals surface area (Å²) in [5, 5.41) is 1.33. The second-order valence-electron chi connectivity index (χ2n) is 9.77. The standard InChI is InChI=1S/C10H8O3S.2C10H22.C2H8N2/c11-14(12,13)10-7-3-5-8-4-1-2-6-9(8)10;2*1-3-5-7-9-10-8-6-4-2;3-1-2-4/h1-7H,(H,11,12,13);2*3-10H2,1-2H3;1-4H2. The van der Waals surface area contributed by atoms with Gasteiger partial charge in [-0.05, 0) is 11.5 Å². The highest BCUT2D eigenvalue weighted by atomic mass is 32.2.